The molecule has 1 heteroatoms. The van der Waals surface area contributed by atoms with Crippen LogP contribution in [-0.2, 0) is 0 Å². The molecule has 0 saturated carbocycles. The first-order chi connectivity index (χ1) is 6.02. The number of nitrogens with one attached hydrogen (secondary N) is 1. The van der Waals surface area contributed by atoms with Crippen molar-refractivity contribution in [2.75, 3.05) is 6.54 Å². The van der Waals surface area contributed by atoms with E-state index in [2.05, 4.69) is 38.9 Å². The lowest BCUT2D eigenvalue weighted by molar-refractivity contribution is 0.371. The lowest BCUT2D eigenvalue weighted by atomic mass is 9.99. The maximum atomic E-state index is 5.28. The smallest absolute Gasteiger partial charge is 0.0264 e. The number of rotatable bonds is 6. The van der Waals surface area contributed by atoms with Crippen molar-refractivity contribution < 1.29 is 0 Å². The highest BCUT2D eigenvalue weighted by atomic mass is 14.9. The van der Waals surface area contributed by atoms with Crippen molar-refractivity contribution in [3.63, 3.8) is 0 Å². The summed E-state index contributed by atoms with van der Waals surface area (Å²) in [4.78, 5) is 0. The van der Waals surface area contributed by atoms with E-state index in [1.807, 2.05) is 0 Å². The summed E-state index contributed by atoms with van der Waals surface area (Å²) >= 11 is 0. The zero-order valence-corrected chi connectivity index (χ0v) is 9.48. The standard InChI is InChI=1S/C12H23N/c1-6-9-12(4,5)13-10-8-11(3)7-2/h1,11,13H,7-10H2,2-5H3. The number of terminal acetylenes is 1. The molecule has 0 heterocycles. The van der Waals surface area contributed by atoms with Crippen LogP contribution in [0.3, 0.4) is 0 Å². The maximum absolute atomic E-state index is 5.28. The van der Waals surface area contributed by atoms with Crippen molar-refractivity contribution in [1.82, 2.24) is 5.32 Å². The van der Waals surface area contributed by atoms with E-state index in [9.17, 15) is 0 Å². The van der Waals surface area contributed by atoms with Crippen molar-refractivity contribution in [1.29, 1.82) is 0 Å². The summed E-state index contributed by atoms with van der Waals surface area (Å²) in [6.45, 7) is 9.91. The van der Waals surface area contributed by atoms with Crippen LogP contribution in [0.15, 0.2) is 0 Å². The van der Waals surface area contributed by atoms with Crippen LogP contribution in [0.1, 0.15) is 47.0 Å². The molecule has 0 rings (SSSR count). The van der Waals surface area contributed by atoms with E-state index in [0.29, 0.717) is 0 Å². The third-order valence-electron chi connectivity index (χ3n) is 2.48. The summed E-state index contributed by atoms with van der Waals surface area (Å²) in [5.41, 5.74) is 0.0994. The van der Waals surface area contributed by atoms with Gasteiger partial charge in [0.15, 0.2) is 0 Å². The maximum Gasteiger partial charge on any atom is 0.0264 e. The average molecular weight is 181 g/mol. The van der Waals surface area contributed by atoms with Crippen LogP contribution >= 0.6 is 0 Å². The molecule has 0 spiro atoms. The van der Waals surface area contributed by atoms with E-state index in [4.69, 9.17) is 6.42 Å². The van der Waals surface area contributed by atoms with Gasteiger partial charge in [0.1, 0.15) is 0 Å². The minimum absolute atomic E-state index is 0.0994. The molecule has 0 aromatic carbocycles. The molecule has 1 unspecified atom stereocenters. The molecule has 1 N–H and O–H groups in total. The summed E-state index contributed by atoms with van der Waals surface area (Å²) in [7, 11) is 0. The van der Waals surface area contributed by atoms with Gasteiger partial charge in [0.2, 0.25) is 0 Å². The summed E-state index contributed by atoms with van der Waals surface area (Å²) in [6, 6.07) is 0. The molecule has 0 saturated heterocycles. The molecule has 0 fully saturated rings. The van der Waals surface area contributed by atoms with Gasteiger partial charge in [-0.3, -0.25) is 0 Å². The van der Waals surface area contributed by atoms with Crippen LogP contribution in [0.5, 0.6) is 0 Å². The topological polar surface area (TPSA) is 12.0 Å². The van der Waals surface area contributed by atoms with E-state index in [1.165, 1.54) is 12.8 Å². The third kappa shape index (κ3) is 6.66. The fourth-order valence-corrected chi connectivity index (χ4v) is 1.18. The van der Waals surface area contributed by atoms with Gasteiger partial charge >= 0.3 is 0 Å². The van der Waals surface area contributed by atoms with Gasteiger partial charge in [0.25, 0.3) is 0 Å². The van der Waals surface area contributed by atoms with Crippen LogP contribution in [0, 0.1) is 18.3 Å². The Morgan fingerprint density at radius 3 is 2.54 bits per heavy atom. The zero-order chi connectivity index (χ0) is 10.3. The van der Waals surface area contributed by atoms with Crippen molar-refractivity contribution in [2.45, 2.75) is 52.5 Å². The largest absolute Gasteiger partial charge is 0.311 e. The quantitative estimate of drug-likeness (QED) is 0.621. The molecule has 0 radical (unpaired) electrons. The molecule has 0 aliphatic rings. The fourth-order valence-electron chi connectivity index (χ4n) is 1.18. The van der Waals surface area contributed by atoms with Gasteiger partial charge < -0.3 is 5.32 Å². The highest BCUT2D eigenvalue weighted by molar-refractivity contribution is 4.95. The molecule has 0 aromatic heterocycles. The van der Waals surface area contributed by atoms with E-state index in [-0.39, 0.29) is 5.54 Å². The minimum atomic E-state index is 0.0994. The first kappa shape index (κ1) is 12.5. The number of hydrogen-bond acceptors (Lipinski definition) is 1. The molecule has 0 aliphatic heterocycles. The average Bonchev–Trinajstić information content (AvgIpc) is 2.03. The second kappa shape index (κ2) is 6.05. The van der Waals surface area contributed by atoms with Gasteiger partial charge in [-0.2, -0.15) is 0 Å². The van der Waals surface area contributed by atoms with Crippen LogP contribution in [-0.4, -0.2) is 12.1 Å². The normalized spacial score (nSPS) is 13.8. The van der Waals surface area contributed by atoms with Crippen molar-refractivity contribution in [3.8, 4) is 12.3 Å². The highest BCUT2D eigenvalue weighted by Crippen LogP contribution is 2.09. The lowest BCUT2D eigenvalue weighted by Crippen LogP contribution is -2.39. The van der Waals surface area contributed by atoms with Crippen LogP contribution in [0.25, 0.3) is 0 Å². The molecular formula is C12H23N. The Labute approximate surface area is 83.3 Å². The molecule has 1 atom stereocenters. The SMILES string of the molecule is C#CCC(C)(C)NCCC(C)CC. The lowest BCUT2D eigenvalue weighted by Gasteiger charge is -2.24. The van der Waals surface area contributed by atoms with Crippen LogP contribution in [0.4, 0.5) is 0 Å². The second-order valence-corrected chi connectivity index (χ2v) is 4.49. The van der Waals surface area contributed by atoms with E-state index in [1.54, 1.807) is 0 Å². The first-order valence-electron chi connectivity index (χ1n) is 5.20. The molecular weight excluding hydrogens is 158 g/mol. The fraction of sp³-hybridized carbons (Fsp3) is 0.833. The Bertz CT molecular complexity index is 164. The van der Waals surface area contributed by atoms with Crippen LogP contribution < -0.4 is 5.32 Å². The van der Waals surface area contributed by atoms with E-state index >= 15 is 0 Å². The Morgan fingerprint density at radius 1 is 1.46 bits per heavy atom. The van der Waals surface area contributed by atoms with Gasteiger partial charge in [-0.1, -0.05) is 20.3 Å². The Balaban J connectivity index is 3.58. The predicted octanol–water partition coefficient (Wildman–Crippen LogP) is 2.81. The molecule has 0 aliphatic carbocycles. The summed E-state index contributed by atoms with van der Waals surface area (Å²) in [6.07, 6.45) is 8.58. The van der Waals surface area contributed by atoms with Crippen LogP contribution in [0.2, 0.25) is 0 Å². The third-order valence-corrected chi connectivity index (χ3v) is 2.48. The van der Waals surface area contributed by atoms with Crippen molar-refractivity contribution in [2.24, 2.45) is 5.92 Å². The first-order valence-corrected chi connectivity index (χ1v) is 5.20. The van der Waals surface area contributed by atoms with Gasteiger partial charge in [0.05, 0.1) is 0 Å². The minimum Gasteiger partial charge on any atom is -0.311 e. The second-order valence-electron chi connectivity index (χ2n) is 4.49. The molecule has 0 bridgehead atoms. The van der Waals surface area contributed by atoms with Gasteiger partial charge in [0, 0.05) is 12.0 Å². The van der Waals surface area contributed by atoms with E-state index < -0.39 is 0 Å². The zero-order valence-electron chi connectivity index (χ0n) is 9.48. The summed E-state index contributed by atoms with van der Waals surface area (Å²) in [5, 5.41) is 3.48. The van der Waals surface area contributed by atoms with Gasteiger partial charge in [-0.15, -0.1) is 12.3 Å². The molecule has 1 nitrogen and oxygen atoms in total. The predicted molar refractivity (Wildman–Crippen MR) is 59.6 cm³/mol. The molecule has 76 valence electrons. The molecule has 0 amide bonds. The van der Waals surface area contributed by atoms with Gasteiger partial charge in [-0.05, 0) is 32.7 Å². The van der Waals surface area contributed by atoms with Crippen molar-refractivity contribution >= 4 is 0 Å². The summed E-state index contributed by atoms with van der Waals surface area (Å²) in [5.74, 6) is 3.51. The Morgan fingerprint density at radius 2 is 2.08 bits per heavy atom. The van der Waals surface area contributed by atoms with Gasteiger partial charge in [-0.25, -0.2) is 0 Å². The summed E-state index contributed by atoms with van der Waals surface area (Å²) < 4.78 is 0. The Hall–Kier alpha value is -0.480. The monoisotopic (exact) mass is 181 g/mol. The Kier molecular flexibility index (Phi) is 5.82. The molecule has 13 heavy (non-hydrogen) atoms. The molecule has 0 aromatic rings. The number of hydrogen-bond donors (Lipinski definition) is 1. The van der Waals surface area contributed by atoms with E-state index in [0.717, 1.165) is 18.9 Å². The highest BCUT2D eigenvalue weighted by Gasteiger charge is 2.14. The van der Waals surface area contributed by atoms with Crippen molar-refractivity contribution in [3.05, 3.63) is 0 Å².